The molecular weight excluding hydrogens is 238 g/mol. The zero-order valence-electron chi connectivity index (χ0n) is 12.4. The highest BCUT2D eigenvalue weighted by Crippen LogP contribution is 2.12. The van der Waals surface area contributed by atoms with Gasteiger partial charge in [-0.25, -0.2) is 4.98 Å². The molecule has 0 radical (unpaired) electrons. The van der Waals surface area contributed by atoms with Crippen LogP contribution in [0.15, 0.2) is 18.3 Å². The van der Waals surface area contributed by atoms with E-state index >= 15 is 0 Å². The highest BCUT2D eigenvalue weighted by molar-refractivity contribution is 5.94. The average molecular weight is 263 g/mol. The molecule has 4 heteroatoms. The maximum Gasteiger partial charge on any atom is 0.252 e. The molecule has 0 spiro atoms. The van der Waals surface area contributed by atoms with E-state index < -0.39 is 0 Å². The first-order valence-corrected chi connectivity index (χ1v) is 6.95. The molecule has 4 nitrogen and oxygen atoms in total. The van der Waals surface area contributed by atoms with Crippen LogP contribution in [0, 0.1) is 0 Å². The van der Waals surface area contributed by atoms with Gasteiger partial charge in [0.15, 0.2) is 0 Å². The second kappa shape index (κ2) is 7.12. The molecule has 0 aliphatic heterocycles. The van der Waals surface area contributed by atoms with Gasteiger partial charge in [0.05, 0.1) is 5.56 Å². The van der Waals surface area contributed by atoms with E-state index in [0.717, 1.165) is 31.6 Å². The van der Waals surface area contributed by atoms with Gasteiger partial charge in [0, 0.05) is 18.3 Å². The van der Waals surface area contributed by atoms with E-state index in [1.165, 1.54) is 0 Å². The van der Waals surface area contributed by atoms with Crippen molar-refractivity contribution in [2.75, 3.05) is 11.9 Å². The van der Waals surface area contributed by atoms with Gasteiger partial charge in [0.1, 0.15) is 5.82 Å². The summed E-state index contributed by atoms with van der Waals surface area (Å²) in [6.07, 6.45) is 4.94. The van der Waals surface area contributed by atoms with Gasteiger partial charge < -0.3 is 10.6 Å². The fraction of sp³-hybridized carbons (Fsp3) is 0.600. The molecule has 0 saturated carbocycles. The van der Waals surface area contributed by atoms with Gasteiger partial charge in [0.25, 0.3) is 5.91 Å². The minimum Gasteiger partial charge on any atom is -0.365 e. The zero-order chi connectivity index (χ0) is 14.3. The van der Waals surface area contributed by atoms with E-state index in [4.69, 9.17) is 0 Å². The van der Waals surface area contributed by atoms with Crippen LogP contribution in [0.25, 0.3) is 0 Å². The van der Waals surface area contributed by atoms with Crippen LogP contribution >= 0.6 is 0 Å². The summed E-state index contributed by atoms with van der Waals surface area (Å²) in [6, 6.07) is 3.64. The first kappa shape index (κ1) is 15.5. The molecule has 1 aromatic rings. The van der Waals surface area contributed by atoms with Crippen molar-refractivity contribution in [2.24, 2.45) is 0 Å². The molecule has 0 saturated heterocycles. The number of nitrogens with one attached hydrogen (secondary N) is 2. The highest BCUT2D eigenvalue weighted by Gasteiger charge is 2.11. The Morgan fingerprint density at radius 3 is 2.53 bits per heavy atom. The molecule has 1 amide bonds. The van der Waals surface area contributed by atoms with Crippen molar-refractivity contribution < 1.29 is 4.79 Å². The lowest BCUT2D eigenvalue weighted by Crippen LogP contribution is -2.27. The van der Waals surface area contributed by atoms with E-state index in [0.29, 0.717) is 5.56 Å². The number of carbonyl (C=O) groups is 1. The number of pyridine rings is 1. The molecule has 0 aliphatic carbocycles. The van der Waals surface area contributed by atoms with Gasteiger partial charge in [-0.15, -0.1) is 0 Å². The monoisotopic (exact) mass is 263 g/mol. The van der Waals surface area contributed by atoms with Gasteiger partial charge in [-0.3, -0.25) is 4.79 Å². The molecule has 0 unspecified atom stereocenters. The topological polar surface area (TPSA) is 54.0 Å². The number of hydrogen-bond donors (Lipinski definition) is 2. The maximum absolute atomic E-state index is 11.8. The third-order valence-electron chi connectivity index (χ3n) is 2.59. The maximum atomic E-state index is 11.8. The van der Waals surface area contributed by atoms with Gasteiger partial charge in [0.2, 0.25) is 0 Å². The Bertz CT molecular complexity index is 393. The molecular formula is C15H25N3O. The Hall–Kier alpha value is -1.58. The number of anilines is 1. The summed E-state index contributed by atoms with van der Waals surface area (Å²) in [4.78, 5) is 16.1. The number of nitrogens with zero attached hydrogens (tertiary/aromatic N) is 1. The lowest BCUT2D eigenvalue weighted by molar-refractivity contribution is 0.0952. The Balaban J connectivity index is 2.49. The lowest BCUT2D eigenvalue weighted by atomic mass is 10.1. The van der Waals surface area contributed by atoms with Crippen LogP contribution in [0.1, 0.15) is 57.3 Å². The molecule has 0 atom stereocenters. The highest BCUT2D eigenvalue weighted by atomic mass is 16.1. The molecule has 0 aromatic carbocycles. The fourth-order valence-corrected chi connectivity index (χ4v) is 1.67. The Morgan fingerprint density at radius 1 is 1.26 bits per heavy atom. The summed E-state index contributed by atoms with van der Waals surface area (Å²) < 4.78 is 0. The van der Waals surface area contributed by atoms with Crippen LogP contribution in [0.5, 0.6) is 0 Å². The van der Waals surface area contributed by atoms with Crippen LogP contribution < -0.4 is 10.6 Å². The molecule has 0 bridgehead atoms. The van der Waals surface area contributed by atoms with E-state index in [-0.39, 0.29) is 11.4 Å². The zero-order valence-corrected chi connectivity index (χ0v) is 12.4. The number of carbonyl (C=O) groups excluding carboxylic acids is 1. The summed E-state index contributed by atoms with van der Waals surface area (Å²) in [5.41, 5.74) is 0.577. The first-order chi connectivity index (χ1) is 8.92. The second-order valence-electron chi connectivity index (χ2n) is 5.77. The number of amides is 1. The predicted octanol–water partition coefficient (Wildman–Crippen LogP) is 3.21. The molecule has 0 fully saturated rings. The molecule has 1 rings (SSSR count). The van der Waals surface area contributed by atoms with E-state index in [2.05, 4.69) is 43.3 Å². The van der Waals surface area contributed by atoms with Gasteiger partial charge >= 0.3 is 0 Å². The minimum atomic E-state index is -0.0501. The molecule has 1 heterocycles. The summed E-state index contributed by atoms with van der Waals surface area (Å²) in [7, 11) is 0. The normalized spacial score (nSPS) is 11.2. The van der Waals surface area contributed by atoms with Gasteiger partial charge in [-0.1, -0.05) is 19.8 Å². The van der Waals surface area contributed by atoms with Crippen LogP contribution in [-0.4, -0.2) is 23.0 Å². The van der Waals surface area contributed by atoms with E-state index in [1.807, 2.05) is 6.07 Å². The third kappa shape index (κ3) is 6.22. The fourth-order valence-electron chi connectivity index (χ4n) is 1.67. The Labute approximate surface area is 116 Å². The van der Waals surface area contributed by atoms with Crippen LogP contribution in [-0.2, 0) is 0 Å². The van der Waals surface area contributed by atoms with Crippen molar-refractivity contribution in [3.63, 3.8) is 0 Å². The van der Waals surface area contributed by atoms with Crippen LogP contribution in [0.4, 0.5) is 5.82 Å². The summed E-state index contributed by atoms with van der Waals surface area (Å²) in [6.45, 7) is 9.09. The van der Waals surface area contributed by atoms with E-state index in [1.54, 1.807) is 12.3 Å². The average Bonchev–Trinajstić information content (AvgIpc) is 2.33. The molecule has 106 valence electrons. The number of unbranched alkanes of at least 4 members (excludes halogenated alkanes) is 2. The summed E-state index contributed by atoms with van der Waals surface area (Å²) in [5, 5.41) is 6.17. The van der Waals surface area contributed by atoms with Crippen molar-refractivity contribution in [3.8, 4) is 0 Å². The van der Waals surface area contributed by atoms with Gasteiger partial charge in [-0.2, -0.15) is 0 Å². The smallest absolute Gasteiger partial charge is 0.252 e. The van der Waals surface area contributed by atoms with Crippen molar-refractivity contribution in [1.29, 1.82) is 0 Å². The number of aromatic nitrogens is 1. The largest absolute Gasteiger partial charge is 0.365 e. The second-order valence-corrected chi connectivity index (χ2v) is 5.77. The number of rotatable bonds is 6. The summed E-state index contributed by atoms with van der Waals surface area (Å²) >= 11 is 0. The quantitative estimate of drug-likeness (QED) is 0.775. The standard InChI is InChI=1S/C15H25N3O/c1-5-6-7-10-16-14(19)12-8-9-13(17-11-12)18-15(2,3)4/h8-9,11H,5-7,10H2,1-4H3,(H,16,19)(H,17,18). The van der Waals surface area contributed by atoms with Crippen LogP contribution in [0.2, 0.25) is 0 Å². The Kier molecular flexibility index (Phi) is 5.80. The number of hydrogen-bond acceptors (Lipinski definition) is 3. The van der Waals surface area contributed by atoms with Crippen LogP contribution in [0.3, 0.4) is 0 Å². The molecule has 19 heavy (non-hydrogen) atoms. The van der Waals surface area contributed by atoms with E-state index in [9.17, 15) is 4.79 Å². The van der Waals surface area contributed by atoms with Crippen molar-refractivity contribution in [3.05, 3.63) is 23.9 Å². The predicted molar refractivity (Wildman–Crippen MR) is 79.5 cm³/mol. The first-order valence-electron chi connectivity index (χ1n) is 6.95. The SMILES string of the molecule is CCCCCNC(=O)c1ccc(NC(C)(C)C)nc1. The molecule has 1 aromatic heterocycles. The van der Waals surface area contributed by atoms with Crippen molar-refractivity contribution in [1.82, 2.24) is 10.3 Å². The molecule has 0 aliphatic rings. The molecule has 2 N–H and O–H groups in total. The third-order valence-corrected chi connectivity index (χ3v) is 2.59. The lowest BCUT2D eigenvalue weighted by Gasteiger charge is -2.21. The summed E-state index contributed by atoms with van der Waals surface area (Å²) in [5.74, 6) is 0.737. The minimum absolute atomic E-state index is 0.0308. The van der Waals surface area contributed by atoms with Crippen molar-refractivity contribution >= 4 is 11.7 Å². The van der Waals surface area contributed by atoms with Crippen molar-refractivity contribution in [2.45, 2.75) is 52.5 Å². The van der Waals surface area contributed by atoms with Gasteiger partial charge in [-0.05, 0) is 39.3 Å². The Morgan fingerprint density at radius 2 is 2.00 bits per heavy atom.